The molecule has 1 unspecified atom stereocenters. The van der Waals surface area contributed by atoms with Crippen molar-refractivity contribution < 1.29 is 4.39 Å². The van der Waals surface area contributed by atoms with Crippen molar-refractivity contribution in [3.05, 3.63) is 63.9 Å². The molecule has 0 aliphatic heterocycles. The summed E-state index contributed by atoms with van der Waals surface area (Å²) in [5, 5.41) is 3.40. The third-order valence-electron chi connectivity index (χ3n) is 3.46. The number of hydrogen-bond donors (Lipinski definition) is 1. The van der Waals surface area contributed by atoms with Crippen LogP contribution in [0.3, 0.4) is 0 Å². The molecule has 0 aliphatic carbocycles. The Kier molecular flexibility index (Phi) is 5.18. The lowest BCUT2D eigenvalue weighted by atomic mass is 10.0. The van der Waals surface area contributed by atoms with E-state index in [2.05, 4.69) is 59.4 Å². The van der Waals surface area contributed by atoms with Crippen LogP contribution in [0.15, 0.2) is 46.9 Å². The SMILES string of the molecule is CCc1ccc(C(CC)Nc2cc(F)ccc2Br)cc1. The summed E-state index contributed by atoms with van der Waals surface area (Å²) in [6, 6.07) is 13.5. The zero-order chi connectivity index (χ0) is 14.5. The Morgan fingerprint density at radius 1 is 1.10 bits per heavy atom. The van der Waals surface area contributed by atoms with Gasteiger partial charge in [-0.3, -0.25) is 0 Å². The summed E-state index contributed by atoms with van der Waals surface area (Å²) < 4.78 is 14.2. The fraction of sp³-hybridized carbons (Fsp3) is 0.294. The van der Waals surface area contributed by atoms with Gasteiger partial charge in [-0.1, -0.05) is 38.1 Å². The van der Waals surface area contributed by atoms with Crippen LogP contribution in [0, 0.1) is 5.82 Å². The topological polar surface area (TPSA) is 12.0 Å². The monoisotopic (exact) mass is 335 g/mol. The highest BCUT2D eigenvalue weighted by Crippen LogP contribution is 2.29. The minimum Gasteiger partial charge on any atom is -0.377 e. The van der Waals surface area contributed by atoms with Crippen molar-refractivity contribution in [2.75, 3.05) is 5.32 Å². The molecule has 0 aromatic heterocycles. The Labute approximate surface area is 128 Å². The van der Waals surface area contributed by atoms with E-state index in [4.69, 9.17) is 0 Å². The number of halogens is 2. The number of hydrogen-bond acceptors (Lipinski definition) is 1. The lowest BCUT2D eigenvalue weighted by molar-refractivity contribution is 0.627. The van der Waals surface area contributed by atoms with Crippen molar-refractivity contribution >= 4 is 21.6 Å². The maximum absolute atomic E-state index is 13.3. The fourth-order valence-corrected chi connectivity index (χ4v) is 2.56. The van der Waals surface area contributed by atoms with Crippen molar-refractivity contribution in [2.24, 2.45) is 0 Å². The van der Waals surface area contributed by atoms with Crippen LogP contribution < -0.4 is 5.32 Å². The standard InChI is InChI=1S/C17H19BrFN/c1-3-12-5-7-13(8-6-12)16(4-2)20-17-11-14(19)9-10-15(17)18/h5-11,16,20H,3-4H2,1-2H3. The predicted molar refractivity (Wildman–Crippen MR) is 86.6 cm³/mol. The summed E-state index contributed by atoms with van der Waals surface area (Å²) >= 11 is 3.45. The highest BCUT2D eigenvalue weighted by atomic mass is 79.9. The molecule has 106 valence electrons. The molecule has 3 heteroatoms. The lowest BCUT2D eigenvalue weighted by Gasteiger charge is -2.20. The summed E-state index contributed by atoms with van der Waals surface area (Å²) in [7, 11) is 0. The predicted octanol–water partition coefficient (Wildman–Crippen LogP) is 5.71. The van der Waals surface area contributed by atoms with Gasteiger partial charge in [0.15, 0.2) is 0 Å². The second kappa shape index (κ2) is 6.89. The van der Waals surface area contributed by atoms with Gasteiger partial charge < -0.3 is 5.32 Å². The number of benzene rings is 2. The van der Waals surface area contributed by atoms with Crippen LogP contribution in [-0.4, -0.2) is 0 Å². The first-order valence-corrected chi connectivity index (χ1v) is 7.73. The third kappa shape index (κ3) is 3.60. The van der Waals surface area contributed by atoms with Gasteiger partial charge >= 0.3 is 0 Å². The van der Waals surface area contributed by atoms with E-state index in [1.807, 2.05) is 0 Å². The number of nitrogens with one attached hydrogen (secondary N) is 1. The van der Waals surface area contributed by atoms with E-state index in [0.29, 0.717) is 0 Å². The number of anilines is 1. The van der Waals surface area contributed by atoms with Gasteiger partial charge in [-0.05, 0) is 58.1 Å². The van der Waals surface area contributed by atoms with Crippen molar-refractivity contribution in [3.8, 4) is 0 Å². The molecule has 0 saturated carbocycles. The molecular formula is C17H19BrFN. The van der Waals surface area contributed by atoms with Crippen LogP contribution in [-0.2, 0) is 6.42 Å². The summed E-state index contributed by atoms with van der Waals surface area (Å²) in [5.41, 5.74) is 3.34. The number of aryl methyl sites for hydroxylation is 1. The Morgan fingerprint density at radius 2 is 1.80 bits per heavy atom. The molecule has 0 heterocycles. The second-order valence-electron chi connectivity index (χ2n) is 4.82. The van der Waals surface area contributed by atoms with Crippen molar-refractivity contribution in [1.29, 1.82) is 0 Å². The smallest absolute Gasteiger partial charge is 0.125 e. The quantitative estimate of drug-likeness (QED) is 0.737. The molecule has 0 saturated heterocycles. The van der Waals surface area contributed by atoms with Gasteiger partial charge in [0.05, 0.1) is 11.7 Å². The first-order valence-electron chi connectivity index (χ1n) is 6.94. The molecule has 0 bridgehead atoms. The van der Waals surface area contributed by atoms with Gasteiger partial charge in [-0.25, -0.2) is 4.39 Å². The van der Waals surface area contributed by atoms with E-state index in [0.717, 1.165) is 23.0 Å². The zero-order valence-electron chi connectivity index (χ0n) is 11.8. The van der Waals surface area contributed by atoms with Crippen LogP contribution in [0.1, 0.15) is 37.4 Å². The first-order chi connectivity index (χ1) is 9.63. The molecule has 2 rings (SSSR count). The van der Waals surface area contributed by atoms with Gasteiger partial charge in [0.1, 0.15) is 5.82 Å². The largest absolute Gasteiger partial charge is 0.377 e. The van der Waals surface area contributed by atoms with Crippen LogP contribution in [0.4, 0.5) is 10.1 Å². The molecule has 2 aromatic rings. The Hall–Kier alpha value is -1.35. The van der Waals surface area contributed by atoms with E-state index in [1.54, 1.807) is 6.07 Å². The Balaban J connectivity index is 2.21. The lowest BCUT2D eigenvalue weighted by Crippen LogP contribution is -2.10. The molecular weight excluding hydrogens is 317 g/mol. The minimum atomic E-state index is -0.230. The van der Waals surface area contributed by atoms with Gasteiger partial charge in [-0.15, -0.1) is 0 Å². The molecule has 0 aliphatic rings. The highest BCUT2D eigenvalue weighted by Gasteiger charge is 2.11. The van der Waals surface area contributed by atoms with Gasteiger partial charge in [0.25, 0.3) is 0 Å². The van der Waals surface area contributed by atoms with Crippen LogP contribution in [0.25, 0.3) is 0 Å². The van der Waals surface area contributed by atoms with Gasteiger partial charge in [0.2, 0.25) is 0 Å². The third-order valence-corrected chi connectivity index (χ3v) is 4.15. The van der Waals surface area contributed by atoms with Crippen molar-refractivity contribution in [1.82, 2.24) is 0 Å². The second-order valence-corrected chi connectivity index (χ2v) is 5.68. The Bertz CT molecular complexity index is 566. The molecule has 2 aromatic carbocycles. The van der Waals surface area contributed by atoms with E-state index in [9.17, 15) is 4.39 Å². The normalized spacial score (nSPS) is 12.2. The molecule has 0 amide bonds. The average molecular weight is 336 g/mol. The van der Waals surface area contributed by atoms with E-state index < -0.39 is 0 Å². The summed E-state index contributed by atoms with van der Waals surface area (Å²) in [4.78, 5) is 0. The maximum Gasteiger partial charge on any atom is 0.125 e. The molecule has 1 nitrogen and oxygen atoms in total. The van der Waals surface area contributed by atoms with Crippen LogP contribution in [0.5, 0.6) is 0 Å². The van der Waals surface area contributed by atoms with Crippen molar-refractivity contribution in [3.63, 3.8) is 0 Å². The fourth-order valence-electron chi connectivity index (χ4n) is 2.20. The van der Waals surface area contributed by atoms with Crippen LogP contribution >= 0.6 is 15.9 Å². The average Bonchev–Trinajstić information content (AvgIpc) is 2.48. The summed E-state index contributed by atoms with van der Waals surface area (Å²) in [6.07, 6.45) is 1.98. The molecule has 0 fully saturated rings. The van der Waals surface area contributed by atoms with Crippen LogP contribution in [0.2, 0.25) is 0 Å². The molecule has 1 atom stereocenters. The summed E-state index contributed by atoms with van der Waals surface area (Å²) in [5.74, 6) is -0.230. The molecule has 0 spiro atoms. The molecule has 1 N–H and O–H groups in total. The molecule has 20 heavy (non-hydrogen) atoms. The Morgan fingerprint density at radius 3 is 2.40 bits per heavy atom. The maximum atomic E-state index is 13.3. The summed E-state index contributed by atoms with van der Waals surface area (Å²) in [6.45, 7) is 4.27. The van der Waals surface area contributed by atoms with Gasteiger partial charge in [-0.2, -0.15) is 0 Å². The molecule has 0 radical (unpaired) electrons. The van der Waals surface area contributed by atoms with E-state index in [1.165, 1.54) is 23.3 Å². The number of rotatable bonds is 5. The zero-order valence-corrected chi connectivity index (χ0v) is 13.4. The van der Waals surface area contributed by atoms with E-state index >= 15 is 0 Å². The van der Waals surface area contributed by atoms with Crippen molar-refractivity contribution in [2.45, 2.75) is 32.7 Å². The first kappa shape index (κ1) is 15.0. The van der Waals surface area contributed by atoms with E-state index in [-0.39, 0.29) is 11.9 Å². The highest BCUT2D eigenvalue weighted by molar-refractivity contribution is 9.10. The van der Waals surface area contributed by atoms with Gasteiger partial charge in [0, 0.05) is 4.47 Å². The minimum absolute atomic E-state index is 0.180.